The molecule has 1 N–H and O–H groups in total. The Balaban J connectivity index is 1.82. The minimum Gasteiger partial charge on any atom is -0.495 e. The molecule has 0 aromatic heterocycles. The molecule has 3 rings (SSSR count). The van der Waals surface area contributed by atoms with E-state index in [0.29, 0.717) is 35.8 Å². The molecule has 168 valence electrons. The summed E-state index contributed by atoms with van der Waals surface area (Å²) in [5, 5.41) is 3.52. The summed E-state index contributed by atoms with van der Waals surface area (Å²) in [6.45, 7) is 6.40. The number of piperidine rings is 1. The Hall–Kier alpha value is -2.09. The van der Waals surface area contributed by atoms with Gasteiger partial charge in [-0.05, 0) is 67.1 Å². The molecule has 1 fully saturated rings. The lowest BCUT2D eigenvalue weighted by molar-refractivity contribution is -0.120. The maximum atomic E-state index is 13.5. The Morgan fingerprint density at radius 3 is 2.61 bits per heavy atom. The van der Waals surface area contributed by atoms with Crippen LogP contribution in [0.1, 0.15) is 43.7 Å². The number of ether oxygens (including phenoxy) is 1. The first-order chi connectivity index (χ1) is 14.6. The maximum absolute atomic E-state index is 13.5. The number of nitrogens with one attached hydrogen (secondary N) is 1. The number of hydrogen-bond acceptors (Lipinski definition) is 4. The number of aryl methyl sites for hydroxylation is 1. The van der Waals surface area contributed by atoms with Gasteiger partial charge in [-0.3, -0.25) is 4.79 Å². The molecule has 0 bridgehead atoms. The monoisotopic (exact) mass is 464 g/mol. The predicted octanol–water partition coefficient (Wildman–Crippen LogP) is 4.82. The highest BCUT2D eigenvalue weighted by Gasteiger charge is 2.35. The van der Waals surface area contributed by atoms with E-state index in [1.165, 1.54) is 11.4 Å². The number of sulfonamides is 1. The van der Waals surface area contributed by atoms with Crippen LogP contribution in [0, 0.1) is 12.8 Å². The quantitative estimate of drug-likeness (QED) is 0.664. The van der Waals surface area contributed by atoms with Crippen LogP contribution in [-0.4, -0.2) is 38.8 Å². The molecule has 6 nitrogen and oxygen atoms in total. The Morgan fingerprint density at radius 1 is 1.23 bits per heavy atom. The highest BCUT2D eigenvalue weighted by atomic mass is 35.5. The third-order valence-corrected chi connectivity index (χ3v) is 7.79. The van der Waals surface area contributed by atoms with Crippen LogP contribution < -0.4 is 10.1 Å². The highest BCUT2D eigenvalue weighted by molar-refractivity contribution is 7.89. The minimum atomic E-state index is -3.80. The highest BCUT2D eigenvalue weighted by Crippen LogP contribution is 2.33. The summed E-state index contributed by atoms with van der Waals surface area (Å²) in [7, 11) is -2.34. The SMILES string of the molecule is COc1ccc(C(C)C)cc1S(=O)(=O)N1CCC[C@H](C(=O)Nc2ccc(Cl)cc2C)C1. The largest absolute Gasteiger partial charge is 0.495 e. The molecule has 0 radical (unpaired) electrons. The summed E-state index contributed by atoms with van der Waals surface area (Å²) in [6, 6.07) is 10.5. The van der Waals surface area contributed by atoms with E-state index < -0.39 is 15.9 Å². The summed E-state index contributed by atoms with van der Waals surface area (Å²) >= 11 is 5.99. The molecular weight excluding hydrogens is 436 g/mol. The smallest absolute Gasteiger partial charge is 0.246 e. The van der Waals surface area contributed by atoms with Crippen molar-refractivity contribution in [3.63, 3.8) is 0 Å². The molecule has 1 amide bonds. The van der Waals surface area contributed by atoms with Gasteiger partial charge in [0.15, 0.2) is 0 Å². The molecular formula is C23H29ClN2O4S. The zero-order valence-electron chi connectivity index (χ0n) is 18.3. The van der Waals surface area contributed by atoms with Gasteiger partial charge in [0.25, 0.3) is 0 Å². The van der Waals surface area contributed by atoms with E-state index in [1.54, 1.807) is 30.3 Å². The van der Waals surface area contributed by atoms with E-state index >= 15 is 0 Å². The molecule has 1 atom stereocenters. The topological polar surface area (TPSA) is 75.7 Å². The molecule has 8 heteroatoms. The van der Waals surface area contributed by atoms with Gasteiger partial charge in [-0.2, -0.15) is 4.31 Å². The standard InChI is InChI=1S/C23H29ClN2O4S/c1-15(2)17-7-10-21(30-4)22(13-17)31(28,29)26-11-5-6-18(14-26)23(27)25-20-9-8-19(24)12-16(20)3/h7-10,12-13,15,18H,5-6,11,14H2,1-4H3,(H,25,27)/t18-/m0/s1. The number of carbonyl (C=O) groups is 1. The van der Waals surface area contributed by atoms with Crippen LogP contribution in [0.3, 0.4) is 0 Å². The van der Waals surface area contributed by atoms with Gasteiger partial charge in [-0.15, -0.1) is 0 Å². The molecule has 0 saturated carbocycles. The number of amides is 1. The van der Waals surface area contributed by atoms with Gasteiger partial charge < -0.3 is 10.1 Å². The van der Waals surface area contributed by atoms with Gasteiger partial charge in [0.2, 0.25) is 15.9 Å². The van der Waals surface area contributed by atoms with Gasteiger partial charge >= 0.3 is 0 Å². The number of carbonyl (C=O) groups excluding carboxylic acids is 1. The number of hydrogen-bond donors (Lipinski definition) is 1. The molecule has 1 aliphatic heterocycles. The Bertz CT molecular complexity index is 1070. The van der Waals surface area contributed by atoms with Gasteiger partial charge in [0.05, 0.1) is 13.0 Å². The van der Waals surface area contributed by atoms with Crippen LogP contribution in [0.25, 0.3) is 0 Å². The van der Waals surface area contributed by atoms with E-state index in [9.17, 15) is 13.2 Å². The predicted molar refractivity (Wildman–Crippen MR) is 123 cm³/mol. The van der Waals surface area contributed by atoms with E-state index in [4.69, 9.17) is 16.3 Å². The average molecular weight is 465 g/mol. The molecule has 2 aromatic carbocycles. The fraction of sp³-hybridized carbons (Fsp3) is 0.435. The minimum absolute atomic E-state index is 0.135. The van der Waals surface area contributed by atoms with Crippen LogP contribution in [0.2, 0.25) is 5.02 Å². The van der Waals surface area contributed by atoms with Crippen LogP contribution in [0.4, 0.5) is 5.69 Å². The van der Waals surface area contributed by atoms with E-state index in [-0.39, 0.29) is 23.3 Å². The molecule has 1 aliphatic rings. The van der Waals surface area contributed by atoms with Crippen molar-refractivity contribution < 1.29 is 17.9 Å². The van der Waals surface area contributed by atoms with Gasteiger partial charge in [-0.25, -0.2) is 8.42 Å². The zero-order valence-corrected chi connectivity index (χ0v) is 19.9. The normalized spacial score (nSPS) is 17.5. The van der Waals surface area contributed by atoms with Crippen molar-refractivity contribution in [1.82, 2.24) is 4.31 Å². The van der Waals surface area contributed by atoms with Crippen molar-refractivity contribution in [3.05, 3.63) is 52.5 Å². The van der Waals surface area contributed by atoms with Crippen LogP contribution in [0.5, 0.6) is 5.75 Å². The van der Waals surface area contributed by atoms with Crippen molar-refractivity contribution in [2.24, 2.45) is 5.92 Å². The maximum Gasteiger partial charge on any atom is 0.246 e. The average Bonchev–Trinajstić information content (AvgIpc) is 2.75. The van der Waals surface area contributed by atoms with Gasteiger partial charge in [0, 0.05) is 23.8 Å². The molecule has 0 unspecified atom stereocenters. The molecule has 1 saturated heterocycles. The summed E-state index contributed by atoms with van der Waals surface area (Å²) in [5.41, 5.74) is 2.46. The fourth-order valence-corrected chi connectivity index (χ4v) is 5.71. The zero-order chi connectivity index (χ0) is 22.8. The lowest BCUT2D eigenvalue weighted by Crippen LogP contribution is -2.43. The summed E-state index contributed by atoms with van der Waals surface area (Å²) < 4.78 is 33.7. The van der Waals surface area contributed by atoms with Gasteiger partial charge in [-0.1, -0.05) is 31.5 Å². The van der Waals surface area contributed by atoms with Crippen LogP contribution in [-0.2, 0) is 14.8 Å². The van der Waals surface area contributed by atoms with Crippen molar-refractivity contribution in [2.45, 2.75) is 44.4 Å². The number of halogens is 1. The molecule has 0 aliphatic carbocycles. The summed E-state index contributed by atoms with van der Waals surface area (Å²) in [6.07, 6.45) is 1.25. The number of benzene rings is 2. The van der Waals surface area contributed by atoms with E-state index in [0.717, 1.165) is 11.1 Å². The number of anilines is 1. The Labute approximate surface area is 189 Å². The Morgan fingerprint density at radius 2 is 1.97 bits per heavy atom. The lowest BCUT2D eigenvalue weighted by Gasteiger charge is -2.31. The number of nitrogens with zero attached hydrogens (tertiary/aromatic N) is 1. The van der Waals surface area contributed by atoms with Gasteiger partial charge in [0.1, 0.15) is 10.6 Å². The molecule has 0 spiro atoms. The van der Waals surface area contributed by atoms with E-state index in [1.807, 2.05) is 26.8 Å². The van der Waals surface area contributed by atoms with E-state index in [2.05, 4.69) is 5.32 Å². The Kier molecular flexibility index (Phi) is 7.29. The van der Waals surface area contributed by atoms with Crippen LogP contribution in [0.15, 0.2) is 41.3 Å². The second-order valence-electron chi connectivity index (χ2n) is 8.22. The first-order valence-corrected chi connectivity index (χ1v) is 12.2. The third kappa shape index (κ3) is 5.22. The lowest BCUT2D eigenvalue weighted by atomic mass is 9.98. The fourth-order valence-electron chi connectivity index (χ4n) is 3.77. The second-order valence-corrected chi connectivity index (χ2v) is 10.6. The number of methoxy groups -OCH3 is 1. The first kappa shape index (κ1) is 23.6. The summed E-state index contributed by atoms with van der Waals surface area (Å²) in [4.78, 5) is 13.0. The first-order valence-electron chi connectivity index (χ1n) is 10.4. The van der Waals surface area contributed by atoms with Crippen LogP contribution >= 0.6 is 11.6 Å². The summed E-state index contributed by atoms with van der Waals surface area (Å²) in [5.74, 6) is -0.124. The van der Waals surface area contributed by atoms with Crippen molar-refractivity contribution in [1.29, 1.82) is 0 Å². The van der Waals surface area contributed by atoms with Crippen molar-refractivity contribution in [3.8, 4) is 5.75 Å². The molecule has 1 heterocycles. The number of rotatable bonds is 6. The molecule has 2 aromatic rings. The third-order valence-electron chi connectivity index (χ3n) is 5.67. The van der Waals surface area contributed by atoms with Crippen molar-refractivity contribution >= 4 is 33.2 Å². The second kappa shape index (κ2) is 9.59. The molecule has 31 heavy (non-hydrogen) atoms. The van der Waals surface area contributed by atoms with Crippen molar-refractivity contribution in [2.75, 3.05) is 25.5 Å².